The monoisotopic (exact) mass is 226 g/mol. The summed E-state index contributed by atoms with van der Waals surface area (Å²) < 4.78 is 0. The van der Waals surface area contributed by atoms with Gasteiger partial charge in [-0.15, -0.1) is 0 Å². The minimum absolute atomic E-state index is 0.189. The number of nitrogens with one attached hydrogen (secondary N) is 2. The third kappa shape index (κ3) is 2.59. The Bertz CT molecular complexity index is 298. The first kappa shape index (κ1) is 11.5. The maximum atomic E-state index is 11.3. The molecule has 16 heavy (non-hydrogen) atoms. The molecule has 1 heterocycles. The van der Waals surface area contributed by atoms with Gasteiger partial charge in [0.15, 0.2) is 0 Å². The van der Waals surface area contributed by atoms with Gasteiger partial charge in [-0.2, -0.15) is 0 Å². The molecule has 1 saturated heterocycles. The summed E-state index contributed by atoms with van der Waals surface area (Å²) in [5.41, 5.74) is -0.690. The number of carbonyl (C=O) groups is 2. The molecule has 1 atom stereocenters. The SMILES string of the molecule is O=C1C[C@@H](NCC2(O)CCCCC2)C(=O)N1. The van der Waals surface area contributed by atoms with Crippen LogP contribution >= 0.6 is 0 Å². The van der Waals surface area contributed by atoms with Crippen molar-refractivity contribution in [2.75, 3.05) is 6.54 Å². The molecule has 0 bridgehead atoms. The third-order valence-electron chi connectivity index (χ3n) is 3.43. The van der Waals surface area contributed by atoms with Crippen LogP contribution in [0.3, 0.4) is 0 Å². The number of hydrogen-bond donors (Lipinski definition) is 3. The van der Waals surface area contributed by atoms with E-state index in [2.05, 4.69) is 10.6 Å². The van der Waals surface area contributed by atoms with Crippen molar-refractivity contribution >= 4 is 11.8 Å². The van der Waals surface area contributed by atoms with Crippen LogP contribution in [-0.4, -0.2) is 35.1 Å². The van der Waals surface area contributed by atoms with Crippen molar-refractivity contribution in [1.82, 2.24) is 10.6 Å². The number of hydrogen-bond acceptors (Lipinski definition) is 4. The normalized spacial score (nSPS) is 29.2. The van der Waals surface area contributed by atoms with Crippen LogP contribution in [0.1, 0.15) is 38.5 Å². The van der Waals surface area contributed by atoms with Gasteiger partial charge in [0.25, 0.3) is 0 Å². The summed E-state index contributed by atoms with van der Waals surface area (Å²) in [6.07, 6.45) is 4.99. The fourth-order valence-corrected chi connectivity index (χ4v) is 2.42. The van der Waals surface area contributed by atoms with Crippen molar-refractivity contribution in [2.45, 2.75) is 50.2 Å². The van der Waals surface area contributed by atoms with E-state index in [1.165, 1.54) is 6.42 Å². The lowest BCUT2D eigenvalue weighted by Gasteiger charge is -2.32. The maximum Gasteiger partial charge on any atom is 0.244 e. The minimum atomic E-state index is -0.690. The second-order valence-electron chi connectivity index (χ2n) is 4.84. The summed E-state index contributed by atoms with van der Waals surface area (Å²) in [5, 5.41) is 15.4. The first-order chi connectivity index (χ1) is 7.59. The predicted octanol–water partition coefficient (Wildman–Crippen LogP) is -0.314. The van der Waals surface area contributed by atoms with Gasteiger partial charge in [0.1, 0.15) is 0 Å². The fourth-order valence-electron chi connectivity index (χ4n) is 2.42. The molecular formula is C11H18N2O3. The van der Waals surface area contributed by atoms with Crippen LogP contribution in [0, 0.1) is 0 Å². The van der Waals surface area contributed by atoms with E-state index in [9.17, 15) is 14.7 Å². The quantitative estimate of drug-likeness (QED) is 0.577. The van der Waals surface area contributed by atoms with Crippen LogP contribution in [0.5, 0.6) is 0 Å². The lowest BCUT2D eigenvalue weighted by Crippen LogP contribution is -2.47. The molecule has 3 N–H and O–H groups in total. The molecule has 5 heteroatoms. The van der Waals surface area contributed by atoms with Crippen LogP contribution in [0.4, 0.5) is 0 Å². The Labute approximate surface area is 94.6 Å². The average Bonchev–Trinajstić information content (AvgIpc) is 2.56. The Morgan fingerprint density at radius 3 is 2.56 bits per heavy atom. The number of carbonyl (C=O) groups excluding carboxylic acids is 2. The molecular weight excluding hydrogens is 208 g/mol. The second kappa shape index (κ2) is 4.51. The number of rotatable bonds is 3. The summed E-state index contributed by atoms with van der Waals surface area (Å²) in [4.78, 5) is 22.2. The van der Waals surface area contributed by atoms with Crippen molar-refractivity contribution in [1.29, 1.82) is 0 Å². The number of imide groups is 1. The van der Waals surface area contributed by atoms with Gasteiger partial charge in [0.05, 0.1) is 18.1 Å². The van der Waals surface area contributed by atoms with E-state index < -0.39 is 11.6 Å². The topological polar surface area (TPSA) is 78.4 Å². The van der Waals surface area contributed by atoms with E-state index in [1.807, 2.05) is 0 Å². The zero-order valence-corrected chi connectivity index (χ0v) is 9.29. The van der Waals surface area contributed by atoms with E-state index in [4.69, 9.17) is 0 Å². The van der Waals surface area contributed by atoms with Crippen LogP contribution in [0.25, 0.3) is 0 Å². The summed E-state index contributed by atoms with van der Waals surface area (Å²) in [7, 11) is 0. The zero-order valence-electron chi connectivity index (χ0n) is 9.29. The highest BCUT2D eigenvalue weighted by Crippen LogP contribution is 2.27. The maximum absolute atomic E-state index is 11.3. The van der Waals surface area contributed by atoms with Gasteiger partial charge in [0, 0.05) is 6.54 Å². The first-order valence-corrected chi connectivity index (χ1v) is 5.89. The molecule has 1 aliphatic heterocycles. The summed E-state index contributed by atoms with van der Waals surface area (Å²) in [5.74, 6) is -0.512. The second-order valence-corrected chi connectivity index (χ2v) is 4.84. The highest BCUT2D eigenvalue weighted by Gasteiger charge is 2.34. The van der Waals surface area contributed by atoms with Crippen molar-refractivity contribution in [2.24, 2.45) is 0 Å². The average molecular weight is 226 g/mol. The molecule has 1 saturated carbocycles. The molecule has 1 aliphatic carbocycles. The van der Waals surface area contributed by atoms with E-state index in [0.717, 1.165) is 25.7 Å². The van der Waals surface area contributed by atoms with Gasteiger partial charge in [-0.25, -0.2) is 0 Å². The fraction of sp³-hybridized carbons (Fsp3) is 0.818. The molecule has 0 aromatic heterocycles. The van der Waals surface area contributed by atoms with Crippen LogP contribution in [0.2, 0.25) is 0 Å². The molecule has 90 valence electrons. The summed E-state index contributed by atoms with van der Waals surface area (Å²) in [6, 6.07) is -0.460. The van der Waals surface area contributed by atoms with E-state index in [-0.39, 0.29) is 18.2 Å². The summed E-state index contributed by atoms with van der Waals surface area (Å²) >= 11 is 0. The van der Waals surface area contributed by atoms with Gasteiger partial charge < -0.3 is 10.4 Å². The molecule has 5 nitrogen and oxygen atoms in total. The lowest BCUT2D eigenvalue weighted by atomic mass is 9.85. The van der Waals surface area contributed by atoms with E-state index in [1.54, 1.807) is 0 Å². The summed E-state index contributed by atoms with van der Waals surface area (Å²) in [6.45, 7) is 0.401. The van der Waals surface area contributed by atoms with E-state index in [0.29, 0.717) is 6.54 Å². The van der Waals surface area contributed by atoms with Gasteiger partial charge in [-0.1, -0.05) is 19.3 Å². The van der Waals surface area contributed by atoms with Gasteiger partial charge in [-0.05, 0) is 12.8 Å². The zero-order chi connectivity index (χ0) is 11.6. The Morgan fingerprint density at radius 2 is 2.00 bits per heavy atom. The largest absolute Gasteiger partial charge is 0.389 e. The van der Waals surface area contributed by atoms with Crippen LogP contribution in [0.15, 0.2) is 0 Å². The first-order valence-electron chi connectivity index (χ1n) is 5.89. The molecule has 2 fully saturated rings. The van der Waals surface area contributed by atoms with Crippen molar-refractivity contribution < 1.29 is 14.7 Å². The number of amides is 2. The highest BCUT2D eigenvalue weighted by molar-refractivity contribution is 6.05. The Morgan fingerprint density at radius 1 is 1.31 bits per heavy atom. The molecule has 0 spiro atoms. The van der Waals surface area contributed by atoms with Crippen LogP contribution < -0.4 is 10.6 Å². The Hall–Kier alpha value is -0.940. The Balaban J connectivity index is 1.82. The van der Waals surface area contributed by atoms with Gasteiger partial charge in [0.2, 0.25) is 11.8 Å². The highest BCUT2D eigenvalue weighted by atomic mass is 16.3. The number of aliphatic hydroxyl groups is 1. The molecule has 0 unspecified atom stereocenters. The van der Waals surface area contributed by atoms with Crippen molar-refractivity contribution in [3.63, 3.8) is 0 Å². The molecule has 2 aliphatic rings. The molecule has 0 aromatic rings. The molecule has 0 aromatic carbocycles. The molecule has 2 rings (SSSR count). The Kier molecular flexibility index (Phi) is 3.25. The molecule has 2 amide bonds. The van der Waals surface area contributed by atoms with Crippen LogP contribution in [-0.2, 0) is 9.59 Å². The van der Waals surface area contributed by atoms with Gasteiger partial charge in [-0.3, -0.25) is 14.9 Å². The van der Waals surface area contributed by atoms with E-state index >= 15 is 0 Å². The standard InChI is InChI=1S/C11H18N2O3/c14-9-6-8(10(15)13-9)12-7-11(16)4-2-1-3-5-11/h8,12,16H,1-7H2,(H,13,14,15)/t8-/m1/s1. The predicted molar refractivity (Wildman–Crippen MR) is 57.6 cm³/mol. The minimum Gasteiger partial charge on any atom is -0.389 e. The molecule has 0 radical (unpaired) electrons. The van der Waals surface area contributed by atoms with Crippen molar-refractivity contribution in [3.05, 3.63) is 0 Å². The van der Waals surface area contributed by atoms with Gasteiger partial charge >= 0.3 is 0 Å². The van der Waals surface area contributed by atoms with Crippen molar-refractivity contribution in [3.8, 4) is 0 Å². The smallest absolute Gasteiger partial charge is 0.244 e. The third-order valence-corrected chi connectivity index (χ3v) is 3.43. The lowest BCUT2D eigenvalue weighted by molar-refractivity contribution is -0.125.